The Balaban J connectivity index is 2.19. The molecule has 2 heterocycles. The molecule has 2 aromatic heterocycles. The zero-order valence-electron chi connectivity index (χ0n) is 10.5. The highest BCUT2D eigenvalue weighted by Crippen LogP contribution is 2.26. The lowest BCUT2D eigenvalue weighted by atomic mass is 10.3. The Labute approximate surface area is 119 Å². The van der Waals surface area contributed by atoms with E-state index in [1.54, 1.807) is 18.4 Å². The highest BCUT2D eigenvalue weighted by Gasteiger charge is 2.10. The van der Waals surface area contributed by atoms with E-state index in [9.17, 15) is 0 Å². The van der Waals surface area contributed by atoms with Crippen LogP contribution in [-0.4, -0.2) is 17.1 Å². The van der Waals surface area contributed by atoms with Crippen LogP contribution in [0.3, 0.4) is 0 Å². The molecule has 0 spiro atoms. The maximum Gasteiger partial charge on any atom is 0.221 e. The van der Waals surface area contributed by atoms with E-state index in [1.165, 1.54) is 4.88 Å². The van der Waals surface area contributed by atoms with Crippen molar-refractivity contribution in [3.63, 3.8) is 0 Å². The van der Waals surface area contributed by atoms with E-state index in [4.69, 9.17) is 4.74 Å². The van der Waals surface area contributed by atoms with Crippen molar-refractivity contribution < 1.29 is 4.74 Å². The Morgan fingerprint density at radius 2 is 2.17 bits per heavy atom. The van der Waals surface area contributed by atoms with Crippen molar-refractivity contribution in [1.82, 2.24) is 9.97 Å². The van der Waals surface area contributed by atoms with Gasteiger partial charge in [-0.3, -0.25) is 0 Å². The highest BCUT2D eigenvalue weighted by atomic mass is 79.9. The molecule has 96 valence electrons. The molecule has 0 unspecified atom stereocenters. The Morgan fingerprint density at radius 1 is 1.39 bits per heavy atom. The summed E-state index contributed by atoms with van der Waals surface area (Å²) in [5.41, 5.74) is 0.927. The molecule has 2 aromatic rings. The summed E-state index contributed by atoms with van der Waals surface area (Å²) >= 11 is 5.22. The third-order valence-electron chi connectivity index (χ3n) is 2.51. The van der Waals surface area contributed by atoms with Crippen LogP contribution >= 0.6 is 27.3 Å². The van der Waals surface area contributed by atoms with Crippen molar-refractivity contribution in [3.8, 4) is 5.88 Å². The van der Waals surface area contributed by atoms with Crippen molar-refractivity contribution in [3.05, 3.63) is 32.2 Å². The van der Waals surface area contributed by atoms with Gasteiger partial charge in [0.1, 0.15) is 11.6 Å². The van der Waals surface area contributed by atoms with Gasteiger partial charge in [-0.1, -0.05) is 0 Å². The molecule has 1 N–H and O–H groups in total. The Hall–Kier alpha value is -1.14. The number of thiophene rings is 1. The van der Waals surface area contributed by atoms with Gasteiger partial charge in [0.05, 0.1) is 19.2 Å². The van der Waals surface area contributed by atoms with Gasteiger partial charge in [-0.15, -0.1) is 11.3 Å². The second-order valence-electron chi connectivity index (χ2n) is 3.80. The SMILES string of the molecule is COc1nc(C)nc(NCc2sccc2Br)c1C. The monoisotopic (exact) mass is 327 g/mol. The molecule has 0 aliphatic carbocycles. The molecule has 0 saturated heterocycles. The fraction of sp³-hybridized carbons (Fsp3) is 0.333. The second-order valence-corrected chi connectivity index (χ2v) is 5.65. The van der Waals surface area contributed by atoms with Crippen LogP contribution in [0.5, 0.6) is 5.88 Å². The van der Waals surface area contributed by atoms with Gasteiger partial charge in [-0.2, -0.15) is 4.98 Å². The van der Waals surface area contributed by atoms with Gasteiger partial charge in [0.25, 0.3) is 0 Å². The van der Waals surface area contributed by atoms with Gasteiger partial charge in [0, 0.05) is 9.35 Å². The summed E-state index contributed by atoms with van der Waals surface area (Å²) in [7, 11) is 1.62. The zero-order valence-corrected chi connectivity index (χ0v) is 12.9. The number of halogens is 1. The predicted molar refractivity (Wildman–Crippen MR) is 77.4 cm³/mol. The molecule has 2 rings (SSSR count). The van der Waals surface area contributed by atoms with Crippen LogP contribution in [-0.2, 0) is 6.54 Å². The first-order valence-electron chi connectivity index (χ1n) is 5.46. The van der Waals surface area contributed by atoms with E-state index < -0.39 is 0 Å². The molecule has 0 saturated carbocycles. The van der Waals surface area contributed by atoms with Crippen molar-refractivity contribution in [2.24, 2.45) is 0 Å². The molecule has 0 atom stereocenters. The molecule has 0 aromatic carbocycles. The van der Waals surface area contributed by atoms with E-state index in [0.717, 1.165) is 22.4 Å². The van der Waals surface area contributed by atoms with Crippen LogP contribution in [0.15, 0.2) is 15.9 Å². The van der Waals surface area contributed by atoms with Crippen LogP contribution in [0.25, 0.3) is 0 Å². The average molecular weight is 328 g/mol. The van der Waals surface area contributed by atoms with Crippen molar-refractivity contribution in [2.45, 2.75) is 20.4 Å². The van der Waals surface area contributed by atoms with Crippen LogP contribution in [0, 0.1) is 13.8 Å². The largest absolute Gasteiger partial charge is 0.481 e. The highest BCUT2D eigenvalue weighted by molar-refractivity contribution is 9.10. The first kappa shape index (κ1) is 13.3. The summed E-state index contributed by atoms with van der Waals surface area (Å²) in [6.07, 6.45) is 0. The summed E-state index contributed by atoms with van der Waals surface area (Å²) in [5.74, 6) is 2.14. The first-order chi connectivity index (χ1) is 8.61. The number of nitrogens with zero attached hydrogens (tertiary/aromatic N) is 2. The van der Waals surface area contributed by atoms with Crippen molar-refractivity contribution in [2.75, 3.05) is 12.4 Å². The van der Waals surface area contributed by atoms with E-state index in [-0.39, 0.29) is 0 Å². The lowest BCUT2D eigenvalue weighted by Gasteiger charge is -2.11. The van der Waals surface area contributed by atoms with E-state index >= 15 is 0 Å². The fourth-order valence-electron chi connectivity index (χ4n) is 1.59. The molecule has 0 aliphatic heterocycles. The van der Waals surface area contributed by atoms with Crippen LogP contribution < -0.4 is 10.1 Å². The molecule has 4 nitrogen and oxygen atoms in total. The van der Waals surface area contributed by atoms with Crippen molar-refractivity contribution in [1.29, 1.82) is 0 Å². The molecule has 6 heteroatoms. The third kappa shape index (κ3) is 2.81. The number of rotatable bonds is 4. The van der Waals surface area contributed by atoms with E-state index in [2.05, 4.69) is 36.6 Å². The molecule has 0 radical (unpaired) electrons. The Morgan fingerprint density at radius 3 is 2.78 bits per heavy atom. The number of hydrogen-bond donors (Lipinski definition) is 1. The number of aryl methyl sites for hydroxylation is 1. The van der Waals surface area contributed by atoms with Gasteiger partial charge in [-0.25, -0.2) is 4.98 Å². The number of nitrogens with one attached hydrogen (secondary N) is 1. The average Bonchev–Trinajstić information content (AvgIpc) is 2.75. The van der Waals surface area contributed by atoms with Gasteiger partial charge in [0.2, 0.25) is 5.88 Å². The molecular weight excluding hydrogens is 314 g/mol. The fourth-order valence-corrected chi connectivity index (χ4v) is 3.02. The molecular formula is C12H14BrN3OS. The minimum absolute atomic E-state index is 0.621. The standard InChI is InChI=1S/C12H14BrN3OS/c1-7-11(15-8(2)16-12(7)17-3)14-6-10-9(13)4-5-18-10/h4-5H,6H2,1-3H3,(H,14,15,16). The summed E-state index contributed by atoms with van der Waals surface area (Å²) < 4.78 is 6.35. The Kier molecular flexibility index (Phi) is 4.19. The first-order valence-corrected chi connectivity index (χ1v) is 7.14. The van der Waals surface area contributed by atoms with Gasteiger partial charge < -0.3 is 10.1 Å². The van der Waals surface area contributed by atoms with Crippen LogP contribution in [0.2, 0.25) is 0 Å². The normalized spacial score (nSPS) is 10.4. The van der Waals surface area contributed by atoms with Crippen molar-refractivity contribution >= 4 is 33.1 Å². The second kappa shape index (κ2) is 5.67. The van der Waals surface area contributed by atoms with Gasteiger partial charge >= 0.3 is 0 Å². The third-order valence-corrected chi connectivity index (χ3v) is 4.44. The minimum atomic E-state index is 0.621. The lowest BCUT2D eigenvalue weighted by Crippen LogP contribution is -2.06. The molecule has 0 fully saturated rings. The summed E-state index contributed by atoms with van der Waals surface area (Å²) in [4.78, 5) is 9.87. The van der Waals surface area contributed by atoms with Gasteiger partial charge in [-0.05, 0) is 41.2 Å². The van der Waals surface area contributed by atoms with E-state index in [1.807, 2.05) is 19.9 Å². The van der Waals surface area contributed by atoms with Gasteiger partial charge in [0.15, 0.2) is 0 Å². The summed E-state index contributed by atoms with van der Waals surface area (Å²) in [6, 6.07) is 2.04. The minimum Gasteiger partial charge on any atom is -0.481 e. The van der Waals surface area contributed by atoms with Crippen LogP contribution in [0.4, 0.5) is 5.82 Å². The zero-order chi connectivity index (χ0) is 13.1. The number of methoxy groups -OCH3 is 1. The number of ether oxygens (including phenoxy) is 1. The number of aromatic nitrogens is 2. The predicted octanol–water partition coefficient (Wildman–Crippen LogP) is 3.54. The molecule has 18 heavy (non-hydrogen) atoms. The number of anilines is 1. The molecule has 0 bridgehead atoms. The molecule has 0 aliphatic rings. The summed E-state index contributed by atoms with van der Waals surface area (Å²) in [6.45, 7) is 4.54. The van der Waals surface area contributed by atoms with Crippen LogP contribution in [0.1, 0.15) is 16.3 Å². The molecule has 0 amide bonds. The summed E-state index contributed by atoms with van der Waals surface area (Å²) in [5, 5.41) is 5.38. The quantitative estimate of drug-likeness (QED) is 0.933. The maximum atomic E-state index is 5.23. The lowest BCUT2D eigenvalue weighted by molar-refractivity contribution is 0.392. The smallest absolute Gasteiger partial charge is 0.221 e. The Bertz CT molecular complexity index is 556. The topological polar surface area (TPSA) is 47.0 Å². The maximum absolute atomic E-state index is 5.23. The van der Waals surface area contributed by atoms with E-state index in [0.29, 0.717) is 11.7 Å². The number of hydrogen-bond acceptors (Lipinski definition) is 5.